The summed E-state index contributed by atoms with van der Waals surface area (Å²) in [7, 11) is 0. The lowest BCUT2D eigenvalue weighted by atomic mass is 9.85. The van der Waals surface area contributed by atoms with E-state index in [0.29, 0.717) is 6.54 Å². The van der Waals surface area contributed by atoms with Gasteiger partial charge in [0.05, 0.1) is 6.10 Å². The van der Waals surface area contributed by atoms with Crippen molar-refractivity contribution in [3.63, 3.8) is 0 Å². The van der Waals surface area contributed by atoms with Gasteiger partial charge in [0.25, 0.3) is 0 Å². The molecule has 0 spiro atoms. The Kier molecular flexibility index (Phi) is 6.40. The summed E-state index contributed by atoms with van der Waals surface area (Å²) < 4.78 is 0. The standard InChI is InChI=1S/C17H24N2O3/c20-15(14-9-5-2-6-10-14)12-19-17(22)16(21)18-11-13-7-3-1-4-8-13/h1,3-4,7-8,14-15,20H,2,5-6,9-12H2,(H,18,21)(H,19,22)/t15-/m0/s1. The molecule has 0 unspecified atom stereocenters. The highest BCUT2D eigenvalue weighted by molar-refractivity contribution is 6.35. The Bertz CT molecular complexity index is 484. The van der Waals surface area contributed by atoms with Gasteiger partial charge in [0.15, 0.2) is 0 Å². The van der Waals surface area contributed by atoms with E-state index < -0.39 is 17.9 Å². The second-order valence-electron chi connectivity index (χ2n) is 5.84. The van der Waals surface area contributed by atoms with Crippen LogP contribution in [0.5, 0.6) is 0 Å². The van der Waals surface area contributed by atoms with Gasteiger partial charge in [-0.05, 0) is 24.3 Å². The fourth-order valence-electron chi connectivity index (χ4n) is 2.82. The summed E-state index contributed by atoms with van der Waals surface area (Å²) in [4.78, 5) is 23.4. The van der Waals surface area contributed by atoms with Crippen molar-refractivity contribution >= 4 is 11.8 Å². The molecule has 0 heterocycles. The number of aliphatic hydroxyl groups excluding tert-OH is 1. The number of hydrogen-bond acceptors (Lipinski definition) is 3. The van der Waals surface area contributed by atoms with E-state index in [2.05, 4.69) is 10.6 Å². The zero-order chi connectivity index (χ0) is 15.8. The van der Waals surface area contributed by atoms with Gasteiger partial charge in [-0.3, -0.25) is 9.59 Å². The van der Waals surface area contributed by atoms with Crippen molar-refractivity contribution in [1.29, 1.82) is 0 Å². The molecule has 5 nitrogen and oxygen atoms in total. The number of carbonyl (C=O) groups excluding carboxylic acids is 2. The van der Waals surface area contributed by atoms with Crippen molar-refractivity contribution < 1.29 is 14.7 Å². The average Bonchev–Trinajstić information content (AvgIpc) is 2.58. The fourth-order valence-corrected chi connectivity index (χ4v) is 2.82. The molecular formula is C17H24N2O3. The lowest BCUT2D eigenvalue weighted by Crippen LogP contribution is -2.44. The molecule has 5 heteroatoms. The summed E-state index contributed by atoms with van der Waals surface area (Å²) in [6, 6.07) is 9.41. The Morgan fingerprint density at radius 2 is 1.68 bits per heavy atom. The third-order valence-electron chi connectivity index (χ3n) is 4.17. The van der Waals surface area contributed by atoms with Crippen LogP contribution in [-0.4, -0.2) is 29.6 Å². The van der Waals surface area contributed by atoms with Crippen molar-refractivity contribution in [1.82, 2.24) is 10.6 Å². The van der Waals surface area contributed by atoms with Gasteiger partial charge in [0.1, 0.15) is 0 Å². The Morgan fingerprint density at radius 3 is 2.36 bits per heavy atom. The number of carbonyl (C=O) groups is 2. The minimum Gasteiger partial charge on any atom is -0.391 e. The molecule has 2 rings (SSSR count). The summed E-state index contributed by atoms with van der Waals surface area (Å²) >= 11 is 0. The van der Waals surface area contributed by atoms with Crippen LogP contribution in [0, 0.1) is 5.92 Å². The van der Waals surface area contributed by atoms with Crippen LogP contribution in [0.1, 0.15) is 37.7 Å². The largest absolute Gasteiger partial charge is 0.391 e. The number of rotatable bonds is 5. The number of amides is 2. The molecule has 0 bridgehead atoms. The normalized spacial score (nSPS) is 16.8. The molecule has 120 valence electrons. The van der Waals surface area contributed by atoms with Gasteiger partial charge < -0.3 is 15.7 Å². The summed E-state index contributed by atoms with van der Waals surface area (Å²) in [5.41, 5.74) is 0.936. The van der Waals surface area contributed by atoms with Gasteiger partial charge in [0, 0.05) is 13.1 Å². The van der Waals surface area contributed by atoms with E-state index in [1.165, 1.54) is 6.42 Å². The topological polar surface area (TPSA) is 78.4 Å². The zero-order valence-corrected chi connectivity index (χ0v) is 12.8. The third kappa shape index (κ3) is 5.15. The molecule has 1 atom stereocenters. The Hall–Kier alpha value is -1.88. The van der Waals surface area contributed by atoms with Gasteiger partial charge >= 0.3 is 11.8 Å². The van der Waals surface area contributed by atoms with Crippen LogP contribution >= 0.6 is 0 Å². The maximum Gasteiger partial charge on any atom is 0.309 e. The van der Waals surface area contributed by atoms with Crippen LogP contribution in [0.25, 0.3) is 0 Å². The van der Waals surface area contributed by atoms with Crippen molar-refractivity contribution in [2.45, 2.75) is 44.8 Å². The summed E-state index contributed by atoms with van der Waals surface area (Å²) in [6.45, 7) is 0.459. The molecule has 0 saturated heterocycles. The minimum absolute atomic E-state index is 0.141. The summed E-state index contributed by atoms with van der Waals surface area (Å²) in [5, 5.41) is 15.2. The van der Waals surface area contributed by atoms with Crippen molar-refractivity contribution in [2.75, 3.05) is 6.54 Å². The highest BCUT2D eigenvalue weighted by Crippen LogP contribution is 2.26. The quantitative estimate of drug-likeness (QED) is 0.719. The molecular weight excluding hydrogens is 280 g/mol. The second-order valence-corrected chi connectivity index (χ2v) is 5.84. The molecule has 3 N–H and O–H groups in total. The van der Waals surface area contributed by atoms with Crippen LogP contribution in [-0.2, 0) is 16.1 Å². The second kappa shape index (κ2) is 8.54. The first kappa shape index (κ1) is 16.5. The summed E-state index contributed by atoms with van der Waals surface area (Å²) in [5.74, 6) is -1.12. The molecule has 1 saturated carbocycles. The van der Waals surface area contributed by atoms with E-state index >= 15 is 0 Å². The smallest absolute Gasteiger partial charge is 0.309 e. The van der Waals surface area contributed by atoms with Crippen LogP contribution in [0.2, 0.25) is 0 Å². The van der Waals surface area contributed by atoms with E-state index in [-0.39, 0.29) is 12.5 Å². The molecule has 2 amide bonds. The maximum absolute atomic E-state index is 11.7. The van der Waals surface area contributed by atoms with E-state index in [9.17, 15) is 14.7 Å². The molecule has 1 aliphatic carbocycles. The predicted molar refractivity (Wildman–Crippen MR) is 83.9 cm³/mol. The van der Waals surface area contributed by atoms with Crippen LogP contribution < -0.4 is 10.6 Å². The molecule has 1 aromatic carbocycles. The number of benzene rings is 1. The van der Waals surface area contributed by atoms with Crippen LogP contribution in [0.15, 0.2) is 30.3 Å². The van der Waals surface area contributed by atoms with Crippen LogP contribution in [0.3, 0.4) is 0 Å². The lowest BCUT2D eigenvalue weighted by molar-refractivity contribution is -0.139. The highest BCUT2D eigenvalue weighted by Gasteiger charge is 2.23. The number of hydrogen-bond donors (Lipinski definition) is 3. The maximum atomic E-state index is 11.7. The highest BCUT2D eigenvalue weighted by atomic mass is 16.3. The average molecular weight is 304 g/mol. The molecule has 0 aliphatic heterocycles. The molecule has 22 heavy (non-hydrogen) atoms. The number of nitrogens with one attached hydrogen (secondary N) is 2. The lowest BCUT2D eigenvalue weighted by Gasteiger charge is -2.26. The first-order valence-corrected chi connectivity index (χ1v) is 7.95. The minimum atomic E-state index is -0.689. The number of aliphatic hydroxyl groups is 1. The van der Waals surface area contributed by atoms with E-state index in [1.54, 1.807) is 0 Å². The summed E-state index contributed by atoms with van der Waals surface area (Å²) in [6.07, 6.45) is 4.91. The molecule has 0 radical (unpaired) electrons. The molecule has 1 fully saturated rings. The first-order chi connectivity index (χ1) is 10.7. The van der Waals surface area contributed by atoms with Gasteiger partial charge in [-0.2, -0.15) is 0 Å². The van der Waals surface area contributed by atoms with E-state index in [0.717, 1.165) is 31.2 Å². The fraction of sp³-hybridized carbons (Fsp3) is 0.529. The zero-order valence-electron chi connectivity index (χ0n) is 12.8. The van der Waals surface area contributed by atoms with E-state index in [4.69, 9.17) is 0 Å². The van der Waals surface area contributed by atoms with Gasteiger partial charge in [-0.25, -0.2) is 0 Å². The monoisotopic (exact) mass is 304 g/mol. The molecule has 1 aliphatic rings. The van der Waals surface area contributed by atoms with Crippen LogP contribution in [0.4, 0.5) is 0 Å². The Balaban J connectivity index is 1.68. The van der Waals surface area contributed by atoms with Gasteiger partial charge in [-0.15, -0.1) is 0 Å². The van der Waals surface area contributed by atoms with Gasteiger partial charge in [0.2, 0.25) is 0 Å². The first-order valence-electron chi connectivity index (χ1n) is 7.95. The molecule has 0 aromatic heterocycles. The van der Waals surface area contributed by atoms with E-state index in [1.807, 2.05) is 30.3 Å². The Morgan fingerprint density at radius 1 is 1.05 bits per heavy atom. The SMILES string of the molecule is O=C(NCc1ccccc1)C(=O)NC[C@H](O)C1CCCCC1. The van der Waals surface area contributed by atoms with Crippen molar-refractivity contribution in [2.24, 2.45) is 5.92 Å². The molecule has 1 aromatic rings. The predicted octanol–water partition coefficient (Wildman–Crippen LogP) is 1.36. The Labute approximate surface area is 131 Å². The third-order valence-corrected chi connectivity index (χ3v) is 4.17. The van der Waals surface area contributed by atoms with Crippen molar-refractivity contribution in [3.05, 3.63) is 35.9 Å². The van der Waals surface area contributed by atoms with Gasteiger partial charge in [-0.1, -0.05) is 49.6 Å². The van der Waals surface area contributed by atoms with Crippen molar-refractivity contribution in [3.8, 4) is 0 Å².